The molecule has 5 nitrogen and oxygen atoms in total. The third-order valence-corrected chi connectivity index (χ3v) is 5.48. The van der Waals surface area contributed by atoms with E-state index in [9.17, 15) is 4.79 Å². The molecule has 29 heavy (non-hydrogen) atoms. The molecule has 2 aromatic rings. The Morgan fingerprint density at radius 3 is 2.52 bits per heavy atom. The van der Waals surface area contributed by atoms with Crippen molar-refractivity contribution in [2.24, 2.45) is 4.99 Å². The van der Waals surface area contributed by atoms with E-state index >= 15 is 0 Å². The van der Waals surface area contributed by atoms with Crippen LogP contribution in [0.2, 0.25) is 0 Å². The summed E-state index contributed by atoms with van der Waals surface area (Å²) in [6.07, 6.45) is 4.37. The van der Waals surface area contributed by atoms with Crippen molar-refractivity contribution >= 4 is 29.1 Å². The van der Waals surface area contributed by atoms with Gasteiger partial charge in [-0.25, -0.2) is 0 Å². The van der Waals surface area contributed by atoms with Gasteiger partial charge in [-0.2, -0.15) is 0 Å². The standard InChI is InChI=1S/C24H28N4O/c1-20-18-28(23-12-6-5-11-22(23)25-20)19-24(29)27-16-14-26(15-17-27)13-7-10-21-8-3-2-4-9-21/h2-12H,13-19H2,1H3/b10-7+. The first kappa shape index (κ1) is 19.4. The van der Waals surface area contributed by atoms with Crippen molar-refractivity contribution in [2.45, 2.75) is 6.92 Å². The Bertz CT molecular complexity index is 898. The van der Waals surface area contributed by atoms with Gasteiger partial charge in [0.2, 0.25) is 5.91 Å². The van der Waals surface area contributed by atoms with E-state index in [1.54, 1.807) is 0 Å². The van der Waals surface area contributed by atoms with Gasteiger partial charge in [-0.15, -0.1) is 0 Å². The fourth-order valence-corrected chi connectivity index (χ4v) is 3.91. The zero-order valence-corrected chi connectivity index (χ0v) is 17.0. The highest BCUT2D eigenvalue weighted by molar-refractivity contribution is 5.96. The molecule has 0 spiro atoms. The molecule has 0 atom stereocenters. The quantitative estimate of drug-likeness (QED) is 0.788. The predicted octanol–water partition coefficient (Wildman–Crippen LogP) is 3.46. The summed E-state index contributed by atoms with van der Waals surface area (Å²) in [7, 11) is 0. The Morgan fingerprint density at radius 2 is 1.72 bits per heavy atom. The van der Waals surface area contributed by atoms with E-state index in [1.807, 2.05) is 36.1 Å². The molecule has 4 rings (SSSR count). The van der Waals surface area contributed by atoms with Gasteiger partial charge in [0, 0.05) is 38.4 Å². The lowest BCUT2D eigenvalue weighted by Gasteiger charge is -2.36. The molecule has 0 unspecified atom stereocenters. The summed E-state index contributed by atoms with van der Waals surface area (Å²) in [5.41, 5.74) is 4.28. The fraction of sp³-hybridized carbons (Fsp3) is 0.333. The first-order valence-corrected chi connectivity index (χ1v) is 10.3. The third kappa shape index (κ3) is 4.93. The largest absolute Gasteiger partial charge is 0.355 e. The molecule has 0 bridgehead atoms. The second-order valence-corrected chi connectivity index (χ2v) is 7.69. The number of nitrogens with zero attached hydrogens (tertiary/aromatic N) is 4. The number of piperazine rings is 1. The number of para-hydroxylation sites is 2. The van der Waals surface area contributed by atoms with Gasteiger partial charge in [0.15, 0.2) is 0 Å². The van der Waals surface area contributed by atoms with Crippen molar-refractivity contribution in [3.8, 4) is 0 Å². The number of carbonyl (C=O) groups is 1. The van der Waals surface area contributed by atoms with Crippen LogP contribution in [0.25, 0.3) is 6.08 Å². The fourth-order valence-electron chi connectivity index (χ4n) is 3.91. The Morgan fingerprint density at radius 1 is 1.00 bits per heavy atom. The maximum atomic E-state index is 12.9. The molecule has 5 heteroatoms. The van der Waals surface area contributed by atoms with Gasteiger partial charge in [-0.3, -0.25) is 14.7 Å². The lowest BCUT2D eigenvalue weighted by atomic mass is 10.1. The number of hydrogen-bond donors (Lipinski definition) is 0. The highest BCUT2D eigenvalue weighted by Gasteiger charge is 2.24. The number of anilines is 1. The van der Waals surface area contributed by atoms with Gasteiger partial charge in [0.05, 0.1) is 24.5 Å². The summed E-state index contributed by atoms with van der Waals surface area (Å²) in [5.74, 6) is 0.203. The minimum absolute atomic E-state index is 0.203. The van der Waals surface area contributed by atoms with E-state index < -0.39 is 0 Å². The number of amides is 1. The monoisotopic (exact) mass is 388 g/mol. The SMILES string of the molecule is CC1=Nc2ccccc2N(CC(=O)N2CCN(C/C=C/c3ccccc3)CC2)C1. The normalized spacial score (nSPS) is 17.3. The van der Waals surface area contributed by atoms with Crippen LogP contribution in [0.1, 0.15) is 12.5 Å². The second-order valence-electron chi connectivity index (χ2n) is 7.69. The van der Waals surface area contributed by atoms with Crippen LogP contribution in [0, 0.1) is 0 Å². The zero-order chi connectivity index (χ0) is 20.1. The molecular weight excluding hydrogens is 360 g/mol. The van der Waals surface area contributed by atoms with Crippen molar-refractivity contribution in [3.63, 3.8) is 0 Å². The summed E-state index contributed by atoms with van der Waals surface area (Å²) < 4.78 is 0. The lowest BCUT2D eigenvalue weighted by molar-refractivity contribution is -0.131. The molecule has 1 saturated heterocycles. The Kier molecular flexibility index (Phi) is 6.06. The second kappa shape index (κ2) is 9.05. The minimum atomic E-state index is 0.203. The van der Waals surface area contributed by atoms with Gasteiger partial charge < -0.3 is 9.80 Å². The molecular formula is C24H28N4O. The summed E-state index contributed by atoms with van der Waals surface area (Å²) >= 11 is 0. The van der Waals surface area contributed by atoms with Crippen molar-refractivity contribution in [2.75, 3.05) is 50.7 Å². The molecule has 0 N–H and O–H groups in total. The number of hydrogen-bond acceptors (Lipinski definition) is 4. The average molecular weight is 389 g/mol. The third-order valence-electron chi connectivity index (χ3n) is 5.48. The van der Waals surface area contributed by atoms with Crippen molar-refractivity contribution < 1.29 is 4.79 Å². The van der Waals surface area contributed by atoms with Gasteiger partial charge in [-0.05, 0) is 24.6 Å². The lowest BCUT2D eigenvalue weighted by Crippen LogP contribution is -2.51. The van der Waals surface area contributed by atoms with Crippen LogP contribution >= 0.6 is 0 Å². The van der Waals surface area contributed by atoms with E-state index in [-0.39, 0.29) is 5.91 Å². The van der Waals surface area contributed by atoms with Crippen LogP contribution < -0.4 is 4.90 Å². The average Bonchev–Trinajstić information content (AvgIpc) is 2.75. The molecule has 0 saturated carbocycles. The molecule has 0 radical (unpaired) electrons. The van der Waals surface area contributed by atoms with Gasteiger partial charge >= 0.3 is 0 Å². The van der Waals surface area contributed by atoms with Gasteiger partial charge in [-0.1, -0.05) is 54.6 Å². The van der Waals surface area contributed by atoms with Crippen molar-refractivity contribution in [1.82, 2.24) is 9.80 Å². The number of benzene rings is 2. The number of carbonyl (C=O) groups excluding carboxylic acids is 1. The Balaban J connectivity index is 1.27. The highest BCUT2D eigenvalue weighted by Crippen LogP contribution is 2.31. The Labute approximate surface area is 173 Å². The number of rotatable bonds is 5. The molecule has 0 aliphatic carbocycles. The molecule has 2 heterocycles. The summed E-state index contributed by atoms with van der Waals surface area (Å²) in [5, 5.41) is 0. The van der Waals surface area contributed by atoms with E-state index in [1.165, 1.54) is 5.56 Å². The van der Waals surface area contributed by atoms with E-state index in [2.05, 4.69) is 57.3 Å². The highest BCUT2D eigenvalue weighted by atomic mass is 16.2. The number of fused-ring (bicyclic) bond motifs is 1. The smallest absolute Gasteiger partial charge is 0.242 e. The van der Waals surface area contributed by atoms with Crippen LogP contribution in [0.4, 0.5) is 11.4 Å². The maximum Gasteiger partial charge on any atom is 0.242 e. The first-order valence-electron chi connectivity index (χ1n) is 10.3. The van der Waals surface area contributed by atoms with E-state index in [4.69, 9.17) is 0 Å². The zero-order valence-electron chi connectivity index (χ0n) is 17.0. The summed E-state index contributed by atoms with van der Waals surface area (Å²) in [4.78, 5) is 24.1. The molecule has 1 fully saturated rings. The predicted molar refractivity (Wildman–Crippen MR) is 120 cm³/mol. The van der Waals surface area contributed by atoms with Crippen LogP contribution in [0.3, 0.4) is 0 Å². The minimum Gasteiger partial charge on any atom is -0.355 e. The first-order chi connectivity index (χ1) is 14.2. The van der Waals surface area contributed by atoms with E-state index in [0.717, 1.165) is 49.8 Å². The number of aliphatic imine (C=N–C) groups is 1. The summed E-state index contributed by atoms with van der Waals surface area (Å²) in [6, 6.07) is 18.4. The van der Waals surface area contributed by atoms with Crippen LogP contribution in [-0.4, -0.2) is 67.2 Å². The molecule has 0 aromatic heterocycles. The van der Waals surface area contributed by atoms with Crippen LogP contribution in [-0.2, 0) is 4.79 Å². The maximum absolute atomic E-state index is 12.9. The molecule has 1 amide bonds. The topological polar surface area (TPSA) is 39.2 Å². The van der Waals surface area contributed by atoms with E-state index in [0.29, 0.717) is 13.1 Å². The van der Waals surface area contributed by atoms with Crippen molar-refractivity contribution in [3.05, 3.63) is 66.2 Å². The van der Waals surface area contributed by atoms with Gasteiger partial charge in [0.1, 0.15) is 0 Å². The molecule has 150 valence electrons. The Hall–Kier alpha value is -2.92. The molecule has 2 aliphatic rings. The molecule has 2 aliphatic heterocycles. The van der Waals surface area contributed by atoms with Crippen molar-refractivity contribution in [1.29, 1.82) is 0 Å². The molecule has 2 aromatic carbocycles. The van der Waals surface area contributed by atoms with Gasteiger partial charge in [0.25, 0.3) is 0 Å². The summed E-state index contributed by atoms with van der Waals surface area (Å²) in [6.45, 7) is 7.50. The van der Waals surface area contributed by atoms with Crippen LogP contribution in [0.15, 0.2) is 65.7 Å². The van der Waals surface area contributed by atoms with Crippen LogP contribution in [0.5, 0.6) is 0 Å².